The zero-order valence-electron chi connectivity index (χ0n) is 9.97. The largest absolute Gasteiger partial charge is 0.396 e. The minimum atomic E-state index is 0.279. The van der Waals surface area contributed by atoms with Crippen LogP contribution in [-0.4, -0.2) is 26.5 Å². The molecule has 90 valence electrons. The van der Waals surface area contributed by atoms with E-state index in [4.69, 9.17) is 0 Å². The lowest BCUT2D eigenvalue weighted by Crippen LogP contribution is -2.21. The van der Waals surface area contributed by atoms with Crippen LogP contribution < -0.4 is 0 Å². The van der Waals surface area contributed by atoms with E-state index in [0.717, 1.165) is 18.8 Å². The average Bonchev–Trinajstić information content (AvgIpc) is 2.96. The zero-order chi connectivity index (χ0) is 11.4. The van der Waals surface area contributed by atoms with Crippen molar-refractivity contribution >= 4 is 0 Å². The highest BCUT2D eigenvalue weighted by molar-refractivity contribution is 4.90. The third-order valence-electron chi connectivity index (χ3n) is 3.74. The van der Waals surface area contributed by atoms with Crippen molar-refractivity contribution in [1.29, 1.82) is 0 Å². The van der Waals surface area contributed by atoms with Gasteiger partial charge in [-0.05, 0) is 18.8 Å². The molecule has 1 aliphatic rings. The first-order valence-electron chi connectivity index (χ1n) is 6.32. The molecule has 1 saturated carbocycles. The molecule has 1 N–H and O–H groups in total. The molecule has 1 unspecified atom stereocenters. The molecular formula is C12H21N3O. The van der Waals surface area contributed by atoms with E-state index in [1.54, 1.807) is 6.33 Å². The average molecular weight is 223 g/mol. The lowest BCUT2D eigenvalue weighted by atomic mass is 9.88. The summed E-state index contributed by atoms with van der Waals surface area (Å²) in [6.07, 6.45) is 7.66. The lowest BCUT2D eigenvalue weighted by Gasteiger charge is -2.20. The molecule has 0 aromatic carbocycles. The number of rotatable bonds is 5. The molecule has 2 rings (SSSR count). The molecule has 16 heavy (non-hydrogen) atoms. The number of aliphatic hydroxyl groups is 1. The van der Waals surface area contributed by atoms with Gasteiger partial charge in [-0.2, -0.15) is 5.10 Å². The van der Waals surface area contributed by atoms with Gasteiger partial charge < -0.3 is 5.11 Å². The van der Waals surface area contributed by atoms with Crippen molar-refractivity contribution < 1.29 is 5.11 Å². The molecule has 4 nitrogen and oxygen atoms in total. The Balaban J connectivity index is 2.00. The van der Waals surface area contributed by atoms with Crippen molar-refractivity contribution in [3.63, 3.8) is 0 Å². The molecule has 0 saturated heterocycles. The summed E-state index contributed by atoms with van der Waals surface area (Å²) in [5.41, 5.74) is 0. The van der Waals surface area contributed by atoms with Crippen molar-refractivity contribution in [3.8, 4) is 0 Å². The standard InChI is InChI=1S/C12H21N3O/c1-2-15-12(13-9-14-15)7-11(8-16)10-5-3-4-6-10/h9-11,16H,2-8H2,1H3. The maximum Gasteiger partial charge on any atom is 0.138 e. The van der Waals surface area contributed by atoms with E-state index in [0.29, 0.717) is 11.8 Å². The van der Waals surface area contributed by atoms with Gasteiger partial charge in [-0.1, -0.05) is 25.7 Å². The Labute approximate surface area is 96.7 Å². The Morgan fingerprint density at radius 3 is 2.88 bits per heavy atom. The molecule has 4 heteroatoms. The summed E-state index contributed by atoms with van der Waals surface area (Å²) >= 11 is 0. The van der Waals surface area contributed by atoms with Gasteiger partial charge in [-0.3, -0.25) is 4.68 Å². The van der Waals surface area contributed by atoms with Crippen LogP contribution in [-0.2, 0) is 13.0 Å². The van der Waals surface area contributed by atoms with Gasteiger partial charge in [0.2, 0.25) is 0 Å². The molecule has 1 fully saturated rings. The van der Waals surface area contributed by atoms with Crippen molar-refractivity contribution in [2.45, 2.75) is 45.6 Å². The predicted molar refractivity (Wildman–Crippen MR) is 61.9 cm³/mol. The van der Waals surface area contributed by atoms with Crippen LogP contribution in [0.1, 0.15) is 38.4 Å². The Bertz CT molecular complexity index is 318. The molecule has 1 atom stereocenters. The highest BCUT2D eigenvalue weighted by atomic mass is 16.3. The lowest BCUT2D eigenvalue weighted by molar-refractivity contribution is 0.172. The molecule has 1 aromatic rings. The highest BCUT2D eigenvalue weighted by Gasteiger charge is 2.25. The summed E-state index contributed by atoms with van der Waals surface area (Å²) in [5.74, 6) is 2.08. The van der Waals surface area contributed by atoms with Gasteiger partial charge in [-0.15, -0.1) is 0 Å². The Morgan fingerprint density at radius 1 is 1.50 bits per heavy atom. The van der Waals surface area contributed by atoms with Crippen molar-refractivity contribution in [2.24, 2.45) is 11.8 Å². The van der Waals surface area contributed by atoms with Crippen LogP contribution >= 0.6 is 0 Å². The van der Waals surface area contributed by atoms with Crippen LogP contribution in [0.3, 0.4) is 0 Å². The third-order valence-corrected chi connectivity index (χ3v) is 3.74. The van der Waals surface area contributed by atoms with E-state index in [2.05, 4.69) is 17.0 Å². The van der Waals surface area contributed by atoms with Crippen LogP contribution in [0, 0.1) is 11.8 Å². The van der Waals surface area contributed by atoms with E-state index in [-0.39, 0.29) is 6.61 Å². The molecule has 0 bridgehead atoms. The van der Waals surface area contributed by atoms with Crippen LogP contribution in [0.15, 0.2) is 6.33 Å². The summed E-state index contributed by atoms with van der Waals surface area (Å²) in [4.78, 5) is 4.29. The van der Waals surface area contributed by atoms with E-state index in [1.807, 2.05) is 4.68 Å². The van der Waals surface area contributed by atoms with Crippen LogP contribution in [0.5, 0.6) is 0 Å². The van der Waals surface area contributed by atoms with Crippen molar-refractivity contribution in [1.82, 2.24) is 14.8 Å². The molecule has 0 spiro atoms. The van der Waals surface area contributed by atoms with E-state index in [1.165, 1.54) is 25.7 Å². The molecule has 0 aliphatic heterocycles. The summed E-state index contributed by atoms with van der Waals surface area (Å²) in [5, 5.41) is 13.7. The predicted octanol–water partition coefficient (Wildman–Crippen LogP) is 1.64. The minimum absolute atomic E-state index is 0.279. The Hall–Kier alpha value is -0.900. The Kier molecular flexibility index (Phi) is 3.93. The molecular weight excluding hydrogens is 202 g/mol. The second-order valence-electron chi connectivity index (χ2n) is 4.68. The molecule has 1 aliphatic carbocycles. The van der Waals surface area contributed by atoms with Crippen molar-refractivity contribution in [2.75, 3.05) is 6.61 Å². The normalized spacial score (nSPS) is 19.1. The maximum absolute atomic E-state index is 9.49. The number of aromatic nitrogens is 3. The van der Waals surface area contributed by atoms with Gasteiger partial charge in [0, 0.05) is 19.6 Å². The number of hydrogen-bond donors (Lipinski definition) is 1. The van der Waals surface area contributed by atoms with Gasteiger partial charge >= 0.3 is 0 Å². The molecule has 0 radical (unpaired) electrons. The van der Waals surface area contributed by atoms with E-state index in [9.17, 15) is 5.11 Å². The van der Waals surface area contributed by atoms with Crippen LogP contribution in [0.25, 0.3) is 0 Å². The van der Waals surface area contributed by atoms with Crippen molar-refractivity contribution in [3.05, 3.63) is 12.2 Å². The van der Waals surface area contributed by atoms with E-state index >= 15 is 0 Å². The first kappa shape index (κ1) is 11.6. The number of nitrogens with zero attached hydrogens (tertiary/aromatic N) is 3. The van der Waals surface area contributed by atoms with Gasteiger partial charge in [0.15, 0.2) is 0 Å². The molecule has 1 aromatic heterocycles. The summed E-state index contributed by atoms with van der Waals surface area (Å²) < 4.78 is 1.93. The maximum atomic E-state index is 9.49. The van der Waals surface area contributed by atoms with Gasteiger partial charge in [0.05, 0.1) is 0 Å². The van der Waals surface area contributed by atoms with Gasteiger partial charge in [-0.25, -0.2) is 4.98 Å². The number of hydrogen-bond acceptors (Lipinski definition) is 3. The number of aliphatic hydroxyl groups excluding tert-OH is 1. The quantitative estimate of drug-likeness (QED) is 0.825. The molecule has 1 heterocycles. The Morgan fingerprint density at radius 2 is 2.25 bits per heavy atom. The minimum Gasteiger partial charge on any atom is -0.396 e. The molecule has 0 amide bonds. The summed E-state index contributed by atoms with van der Waals surface area (Å²) in [6.45, 7) is 3.21. The third kappa shape index (κ3) is 2.43. The summed E-state index contributed by atoms with van der Waals surface area (Å²) in [7, 11) is 0. The van der Waals surface area contributed by atoms with E-state index < -0.39 is 0 Å². The van der Waals surface area contributed by atoms with Gasteiger partial charge in [0.25, 0.3) is 0 Å². The summed E-state index contributed by atoms with van der Waals surface area (Å²) in [6, 6.07) is 0. The highest BCUT2D eigenvalue weighted by Crippen LogP contribution is 2.32. The fourth-order valence-electron chi connectivity index (χ4n) is 2.75. The topological polar surface area (TPSA) is 50.9 Å². The monoisotopic (exact) mass is 223 g/mol. The second-order valence-corrected chi connectivity index (χ2v) is 4.68. The fraction of sp³-hybridized carbons (Fsp3) is 0.833. The smallest absolute Gasteiger partial charge is 0.138 e. The SMILES string of the molecule is CCn1ncnc1CC(CO)C1CCCC1. The second kappa shape index (κ2) is 5.43. The number of aryl methyl sites for hydroxylation is 1. The zero-order valence-corrected chi connectivity index (χ0v) is 9.97. The van der Waals surface area contributed by atoms with Gasteiger partial charge in [0.1, 0.15) is 12.2 Å². The first-order chi connectivity index (χ1) is 7.85. The van der Waals surface area contributed by atoms with Crippen LogP contribution in [0.2, 0.25) is 0 Å². The van der Waals surface area contributed by atoms with Crippen LogP contribution in [0.4, 0.5) is 0 Å². The first-order valence-corrected chi connectivity index (χ1v) is 6.32. The fourth-order valence-corrected chi connectivity index (χ4v) is 2.75.